The molecule has 0 aliphatic carbocycles. The van der Waals surface area contributed by atoms with E-state index in [0.717, 1.165) is 16.5 Å². The number of nitrogens with one attached hydrogen (secondary N) is 1. The summed E-state index contributed by atoms with van der Waals surface area (Å²) in [6.45, 7) is 0.377. The molecule has 0 saturated carbocycles. The van der Waals surface area contributed by atoms with Crippen molar-refractivity contribution in [2.75, 3.05) is 20.8 Å². The van der Waals surface area contributed by atoms with Gasteiger partial charge in [0.1, 0.15) is 11.8 Å². The minimum Gasteiger partial charge on any atom is -0.496 e. The third-order valence-electron chi connectivity index (χ3n) is 4.56. The van der Waals surface area contributed by atoms with Crippen LogP contribution in [0.2, 0.25) is 0 Å². The number of aromatic amines is 1. The monoisotopic (exact) mass is 331 g/mol. The molecule has 2 amide bonds. The van der Waals surface area contributed by atoms with Gasteiger partial charge in [-0.05, 0) is 17.7 Å². The molecule has 1 aliphatic heterocycles. The number of methoxy groups -OCH3 is 2. The standard InChI is InChI=1S/C17H21N3O4/c1-23-11-7-13(17(18)22)20(9-11)15(21)6-10-8-19-12-4-3-5-14(24-2)16(10)12/h3-5,8,11,13,19H,6-7,9H2,1-2H3,(H2,18,22)/t11-,13-/m0/s1. The van der Waals surface area contributed by atoms with Crippen molar-refractivity contribution in [2.24, 2.45) is 5.73 Å². The first-order valence-electron chi connectivity index (χ1n) is 7.79. The number of rotatable bonds is 5. The second-order valence-electron chi connectivity index (χ2n) is 5.93. The molecule has 7 heteroatoms. The van der Waals surface area contributed by atoms with Crippen LogP contribution in [-0.2, 0) is 20.7 Å². The molecule has 128 valence electrons. The van der Waals surface area contributed by atoms with E-state index >= 15 is 0 Å². The number of amides is 2. The van der Waals surface area contributed by atoms with E-state index < -0.39 is 11.9 Å². The molecule has 1 saturated heterocycles. The predicted molar refractivity (Wildman–Crippen MR) is 88.7 cm³/mol. The first-order chi connectivity index (χ1) is 11.5. The Bertz CT molecular complexity index is 770. The van der Waals surface area contributed by atoms with Gasteiger partial charge in [-0.1, -0.05) is 6.07 Å². The number of nitrogens with two attached hydrogens (primary N) is 1. The normalized spacial score (nSPS) is 20.5. The van der Waals surface area contributed by atoms with Crippen LogP contribution < -0.4 is 10.5 Å². The molecule has 1 aromatic heterocycles. The highest BCUT2D eigenvalue weighted by Gasteiger charge is 2.38. The molecule has 1 aliphatic rings. The first kappa shape index (κ1) is 16.3. The van der Waals surface area contributed by atoms with Gasteiger partial charge in [0.2, 0.25) is 11.8 Å². The van der Waals surface area contributed by atoms with Crippen LogP contribution >= 0.6 is 0 Å². The first-order valence-corrected chi connectivity index (χ1v) is 7.79. The molecule has 3 rings (SSSR count). The lowest BCUT2D eigenvalue weighted by Gasteiger charge is -2.22. The molecular weight excluding hydrogens is 310 g/mol. The van der Waals surface area contributed by atoms with Crippen LogP contribution in [0.25, 0.3) is 10.9 Å². The number of likely N-dealkylation sites (tertiary alicyclic amines) is 1. The molecule has 24 heavy (non-hydrogen) atoms. The van der Waals surface area contributed by atoms with E-state index in [0.29, 0.717) is 18.7 Å². The fourth-order valence-corrected chi connectivity index (χ4v) is 3.31. The van der Waals surface area contributed by atoms with Gasteiger partial charge in [-0.15, -0.1) is 0 Å². The van der Waals surface area contributed by atoms with Gasteiger partial charge in [0.05, 0.1) is 19.6 Å². The molecule has 1 fully saturated rings. The summed E-state index contributed by atoms with van der Waals surface area (Å²) in [5.41, 5.74) is 7.17. The van der Waals surface area contributed by atoms with Gasteiger partial charge in [-0.3, -0.25) is 9.59 Å². The summed E-state index contributed by atoms with van der Waals surface area (Å²) >= 11 is 0. The summed E-state index contributed by atoms with van der Waals surface area (Å²) in [6, 6.07) is 5.05. The van der Waals surface area contributed by atoms with Crippen LogP contribution in [0, 0.1) is 0 Å². The Hall–Kier alpha value is -2.54. The van der Waals surface area contributed by atoms with Crippen molar-refractivity contribution >= 4 is 22.7 Å². The Labute approximate surface area is 139 Å². The number of H-pyrrole nitrogens is 1. The molecule has 7 nitrogen and oxygen atoms in total. The number of benzene rings is 1. The molecule has 0 unspecified atom stereocenters. The average Bonchev–Trinajstić information content (AvgIpc) is 3.19. The summed E-state index contributed by atoms with van der Waals surface area (Å²) in [5, 5.41) is 0.881. The van der Waals surface area contributed by atoms with E-state index in [9.17, 15) is 9.59 Å². The maximum Gasteiger partial charge on any atom is 0.240 e. The third-order valence-corrected chi connectivity index (χ3v) is 4.56. The van der Waals surface area contributed by atoms with Crippen molar-refractivity contribution in [2.45, 2.75) is 25.0 Å². The molecule has 1 aromatic carbocycles. The number of carbonyl (C=O) groups is 2. The average molecular weight is 331 g/mol. The van der Waals surface area contributed by atoms with Gasteiger partial charge in [0.15, 0.2) is 0 Å². The van der Waals surface area contributed by atoms with Gasteiger partial charge in [-0.2, -0.15) is 0 Å². The van der Waals surface area contributed by atoms with Crippen LogP contribution in [0.1, 0.15) is 12.0 Å². The maximum absolute atomic E-state index is 12.7. The van der Waals surface area contributed by atoms with Crippen molar-refractivity contribution in [3.63, 3.8) is 0 Å². The Morgan fingerprint density at radius 2 is 2.17 bits per heavy atom. The summed E-state index contributed by atoms with van der Waals surface area (Å²) in [5.74, 6) is 0.0590. The van der Waals surface area contributed by atoms with Gasteiger partial charge in [-0.25, -0.2) is 0 Å². The summed E-state index contributed by atoms with van der Waals surface area (Å²) in [7, 11) is 3.17. The largest absolute Gasteiger partial charge is 0.496 e. The summed E-state index contributed by atoms with van der Waals surface area (Å²) in [4.78, 5) is 29.0. The minimum absolute atomic E-state index is 0.148. The number of nitrogens with zero attached hydrogens (tertiary/aromatic N) is 1. The molecule has 2 atom stereocenters. The quantitative estimate of drug-likeness (QED) is 0.847. The Kier molecular flexibility index (Phi) is 4.44. The number of hydrogen-bond acceptors (Lipinski definition) is 4. The van der Waals surface area contributed by atoms with Gasteiger partial charge < -0.3 is 25.1 Å². The third kappa shape index (κ3) is 2.82. The highest BCUT2D eigenvalue weighted by molar-refractivity contribution is 5.94. The Morgan fingerprint density at radius 3 is 2.83 bits per heavy atom. The van der Waals surface area contributed by atoms with E-state index in [1.165, 1.54) is 4.90 Å². The number of hydrogen-bond donors (Lipinski definition) is 2. The SMILES string of the molecule is COc1cccc2[nH]cc(CC(=O)N3C[C@@H](OC)C[C@H]3C(N)=O)c12. The van der Waals surface area contributed by atoms with Crippen molar-refractivity contribution in [1.29, 1.82) is 0 Å². The zero-order valence-electron chi connectivity index (χ0n) is 13.7. The van der Waals surface area contributed by atoms with E-state index in [2.05, 4.69) is 4.98 Å². The van der Waals surface area contributed by atoms with E-state index in [1.54, 1.807) is 20.4 Å². The molecular formula is C17H21N3O4. The van der Waals surface area contributed by atoms with E-state index in [1.807, 2.05) is 18.2 Å². The van der Waals surface area contributed by atoms with E-state index in [4.69, 9.17) is 15.2 Å². The molecule has 0 bridgehead atoms. The van der Waals surface area contributed by atoms with Crippen LogP contribution in [0.3, 0.4) is 0 Å². The molecule has 2 heterocycles. The minimum atomic E-state index is -0.616. The lowest BCUT2D eigenvalue weighted by Crippen LogP contribution is -2.44. The van der Waals surface area contributed by atoms with Crippen LogP contribution in [0.5, 0.6) is 5.75 Å². The smallest absolute Gasteiger partial charge is 0.240 e. The molecule has 3 N–H and O–H groups in total. The fraction of sp³-hybridized carbons (Fsp3) is 0.412. The molecule has 0 radical (unpaired) electrons. The van der Waals surface area contributed by atoms with Gasteiger partial charge in [0.25, 0.3) is 0 Å². The van der Waals surface area contributed by atoms with Crippen LogP contribution in [0.4, 0.5) is 0 Å². The number of primary amides is 1. The maximum atomic E-state index is 12.7. The number of fused-ring (bicyclic) bond motifs is 1. The second kappa shape index (κ2) is 6.52. The van der Waals surface area contributed by atoms with Crippen molar-refractivity contribution in [1.82, 2.24) is 9.88 Å². The lowest BCUT2D eigenvalue weighted by molar-refractivity contribution is -0.136. The number of aromatic nitrogens is 1. The Morgan fingerprint density at radius 1 is 1.38 bits per heavy atom. The van der Waals surface area contributed by atoms with Crippen LogP contribution in [-0.4, -0.2) is 54.6 Å². The number of ether oxygens (including phenoxy) is 2. The zero-order chi connectivity index (χ0) is 17.3. The van der Waals surface area contributed by atoms with E-state index in [-0.39, 0.29) is 18.4 Å². The number of carbonyl (C=O) groups excluding carboxylic acids is 2. The summed E-state index contributed by atoms with van der Waals surface area (Å²) < 4.78 is 10.7. The highest BCUT2D eigenvalue weighted by Crippen LogP contribution is 2.30. The zero-order valence-corrected chi connectivity index (χ0v) is 13.7. The van der Waals surface area contributed by atoms with Crippen molar-refractivity contribution in [3.8, 4) is 5.75 Å². The van der Waals surface area contributed by atoms with Crippen LogP contribution in [0.15, 0.2) is 24.4 Å². The lowest BCUT2D eigenvalue weighted by atomic mass is 10.1. The Balaban J connectivity index is 1.86. The van der Waals surface area contributed by atoms with Gasteiger partial charge in [0, 0.05) is 37.2 Å². The highest BCUT2D eigenvalue weighted by atomic mass is 16.5. The van der Waals surface area contributed by atoms with Crippen molar-refractivity contribution < 1.29 is 19.1 Å². The predicted octanol–water partition coefficient (Wildman–Crippen LogP) is 0.820. The fourth-order valence-electron chi connectivity index (χ4n) is 3.31. The van der Waals surface area contributed by atoms with Gasteiger partial charge >= 0.3 is 0 Å². The molecule has 0 spiro atoms. The van der Waals surface area contributed by atoms with Crippen molar-refractivity contribution in [3.05, 3.63) is 30.0 Å². The topological polar surface area (TPSA) is 97.7 Å². The second-order valence-corrected chi connectivity index (χ2v) is 5.93. The summed E-state index contributed by atoms with van der Waals surface area (Å²) in [6.07, 6.45) is 2.24. The molecule has 2 aromatic rings.